The summed E-state index contributed by atoms with van der Waals surface area (Å²) < 4.78 is 0. The fraction of sp³-hybridized carbons (Fsp3) is 0.615. The van der Waals surface area contributed by atoms with Crippen LogP contribution in [0.5, 0.6) is 0 Å². The largest absolute Gasteiger partial charge is 0.392 e. The highest BCUT2D eigenvalue weighted by Gasteiger charge is 2.22. The molecular formula is C13H20N2O. The molecule has 1 aromatic rings. The van der Waals surface area contributed by atoms with Crippen LogP contribution in [-0.2, 0) is 6.61 Å². The molecule has 1 aromatic heterocycles. The van der Waals surface area contributed by atoms with Gasteiger partial charge in [0.15, 0.2) is 0 Å². The SMILES string of the molecule is CC1CC(C)CN(c2cc(CO)ccn2)C1. The molecule has 0 bridgehead atoms. The van der Waals surface area contributed by atoms with Crippen LogP contribution in [0.2, 0.25) is 0 Å². The lowest BCUT2D eigenvalue weighted by atomic mass is 9.92. The third-order valence-corrected chi connectivity index (χ3v) is 3.19. The highest BCUT2D eigenvalue weighted by molar-refractivity contribution is 5.41. The Balaban J connectivity index is 2.16. The van der Waals surface area contributed by atoms with Crippen molar-refractivity contribution in [2.24, 2.45) is 11.8 Å². The lowest BCUT2D eigenvalue weighted by Crippen LogP contribution is -2.39. The van der Waals surface area contributed by atoms with Gasteiger partial charge in [-0.15, -0.1) is 0 Å². The molecule has 3 nitrogen and oxygen atoms in total. The van der Waals surface area contributed by atoms with E-state index in [0.29, 0.717) is 0 Å². The van der Waals surface area contributed by atoms with E-state index in [1.165, 1.54) is 6.42 Å². The van der Waals surface area contributed by atoms with Crippen molar-refractivity contribution in [3.63, 3.8) is 0 Å². The van der Waals surface area contributed by atoms with Crippen LogP contribution in [0.4, 0.5) is 5.82 Å². The van der Waals surface area contributed by atoms with Crippen molar-refractivity contribution in [1.29, 1.82) is 0 Å². The second-order valence-corrected chi connectivity index (χ2v) is 5.03. The number of aromatic nitrogens is 1. The monoisotopic (exact) mass is 220 g/mol. The molecule has 0 aliphatic carbocycles. The maximum absolute atomic E-state index is 9.12. The Kier molecular flexibility index (Phi) is 3.44. The number of nitrogens with zero attached hydrogens (tertiary/aromatic N) is 2. The summed E-state index contributed by atoms with van der Waals surface area (Å²) in [5.41, 5.74) is 0.941. The van der Waals surface area contributed by atoms with Crippen LogP contribution in [0.1, 0.15) is 25.8 Å². The minimum Gasteiger partial charge on any atom is -0.392 e. The molecule has 2 unspecified atom stereocenters. The number of anilines is 1. The first-order valence-electron chi connectivity index (χ1n) is 5.99. The van der Waals surface area contributed by atoms with Gasteiger partial charge in [-0.3, -0.25) is 0 Å². The minimum absolute atomic E-state index is 0.0917. The first kappa shape index (κ1) is 11.4. The predicted molar refractivity (Wildman–Crippen MR) is 65.3 cm³/mol. The summed E-state index contributed by atoms with van der Waals surface area (Å²) >= 11 is 0. The topological polar surface area (TPSA) is 36.4 Å². The van der Waals surface area contributed by atoms with Crippen molar-refractivity contribution in [2.75, 3.05) is 18.0 Å². The molecule has 0 saturated carbocycles. The second-order valence-electron chi connectivity index (χ2n) is 5.03. The number of hydrogen-bond acceptors (Lipinski definition) is 3. The van der Waals surface area contributed by atoms with E-state index in [2.05, 4.69) is 23.7 Å². The van der Waals surface area contributed by atoms with E-state index in [4.69, 9.17) is 5.11 Å². The van der Waals surface area contributed by atoms with Gasteiger partial charge in [-0.1, -0.05) is 13.8 Å². The Labute approximate surface area is 97.1 Å². The molecule has 2 atom stereocenters. The summed E-state index contributed by atoms with van der Waals surface area (Å²) in [6.07, 6.45) is 3.08. The van der Waals surface area contributed by atoms with Gasteiger partial charge in [0.2, 0.25) is 0 Å². The van der Waals surface area contributed by atoms with Gasteiger partial charge in [-0.2, -0.15) is 0 Å². The van der Waals surface area contributed by atoms with E-state index in [1.54, 1.807) is 6.20 Å². The molecule has 0 aromatic carbocycles. The molecule has 1 saturated heterocycles. The molecule has 2 heterocycles. The molecule has 1 fully saturated rings. The Bertz CT molecular complexity index is 344. The predicted octanol–water partition coefficient (Wildman–Crippen LogP) is 2.06. The molecule has 1 aliphatic heterocycles. The van der Waals surface area contributed by atoms with Crippen LogP contribution in [0.3, 0.4) is 0 Å². The Hall–Kier alpha value is -1.09. The van der Waals surface area contributed by atoms with Crippen molar-refractivity contribution >= 4 is 5.82 Å². The van der Waals surface area contributed by atoms with Crippen molar-refractivity contribution in [1.82, 2.24) is 4.98 Å². The van der Waals surface area contributed by atoms with E-state index < -0.39 is 0 Å². The average molecular weight is 220 g/mol. The quantitative estimate of drug-likeness (QED) is 0.828. The third kappa shape index (κ3) is 2.53. The maximum Gasteiger partial charge on any atom is 0.128 e. The zero-order chi connectivity index (χ0) is 11.5. The Morgan fingerprint density at radius 2 is 2.06 bits per heavy atom. The Morgan fingerprint density at radius 3 is 2.69 bits per heavy atom. The summed E-state index contributed by atoms with van der Waals surface area (Å²) in [4.78, 5) is 6.73. The summed E-state index contributed by atoms with van der Waals surface area (Å²) in [5, 5.41) is 9.12. The first-order chi connectivity index (χ1) is 7.69. The van der Waals surface area contributed by atoms with Gasteiger partial charge in [0.05, 0.1) is 6.61 Å². The van der Waals surface area contributed by atoms with Gasteiger partial charge in [0, 0.05) is 19.3 Å². The molecule has 1 aliphatic rings. The third-order valence-electron chi connectivity index (χ3n) is 3.19. The lowest BCUT2D eigenvalue weighted by Gasteiger charge is -2.35. The summed E-state index contributed by atoms with van der Waals surface area (Å²) in [6.45, 7) is 6.82. The van der Waals surface area contributed by atoms with E-state index in [-0.39, 0.29) is 6.61 Å². The molecular weight excluding hydrogens is 200 g/mol. The smallest absolute Gasteiger partial charge is 0.128 e. The maximum atomic E-state index is 9.12. The second kappa shape index (κ2) is 4.83. The van der Waals surface area contributed by atoms with Gasteiger partial charge >= 0.3 is 0 Å². The number of hydrogen-bond donors (Lipinski definition) is 1. The van der Waals surface area contributed by atoms with Crippen LogP contribution in [0.25, 0.3) is 0 Å². The summed E-state index contributed by atoms with van der Waals surface area (Å²) in [5.74, 6) is 2.46. The fourth-order valence-corrected chi connectivity index (χ4v) is 2.58. The summed E-state index contributed by atoms with van der Waals surface area (Å²) in [6, 6.07) is 3.85. The van der Waals surface area contributed by atoms with Crippen molar-refractivity contribution < 1.29 is 5.11 Å². The average Bonchev–Trinajstić information content (AvgIpc) is 2.28. The van der Waals surface area contributed by atoms with Gasteiger partial charge in [0.1, 0.15) is 5.82 Å². The Morgan fingerprint density at radius 1 is 1.38 bits per heavy atom. The van der Waals surface area contributed by atoms with Crippen molar-refractivity contribution in [3.05, 3.63) is 23.9 Å². The van der Waals surface area contributed by atoms with E-state index in [0.717, 1.165) is 36.3 Å². The summed E-state index contributed by atoms with van der Waals surface area (Å²) in [7, 11) is 0. The van der Waals surface area contributed by atoms with Gasteiger partial charge in [-0.25, -0.2) is 4.98 Å². The minimum atomic E-state index is 0.0917. The molecule has 3 heteroatoms. The number of piperidine rings is 1. The number of aliphatic hydroxyl groups excluding tert-OH is 1. The zero-order valence-electron chi connectivity index (χ0n) is 10.1. The molecule has 0 amide bonds. The van der Waals surface area contributed by atoms with Crippen molar-refractivity contribution in [3.8, 4) is 0 Å². The van der Waals surface area contributed by atoms with Crippen LogP contribution < -0.4 is 4.90 Å². The van der Waals surface area contributed by atoms with Gasteiger partial charge in [-0.05, 0) is 36.0 Å². The number of pyridine rings is 1. The highest BCUT2D eigenvalue weighted by atomic mass is 16.3. The van der Waals surface area contributed by atoms with E-state index in [9.17, 15) is 0 Å². The molecule has 2 rings (SSSR count). The molecule has 1 N–H and O–H groups in total. The number of aliphatic hydroxyl groups is 1. The molecule has 0 spiro atoms. The van der Waals surface area contributed by atoms with Crippen LogP contribution in [0, 0.1) is 11.8 Å². The van der Waals surface area contributed by atoms with Crippen LogP contribution >= 0.6 is 0 Å². The highest BCUT2D eigenvalue weighted by Crippen LogP contribution is 2.25. The van der Waals surface area contributed by atoms with Crippen LogP contribution in [0.15, 0.2) is 18.3 Å². The van der Waals surface area contributed by atoms with E-state index in [1.807, 2.05) is 12.1 Å². The number of rotatable bonds is 2. The normalized spacial score (nSPS) is 25.8. The first-order valence-corrected chi connectivity index (χ1v) is 5.99. The fourth-order valence-electron chi connectivity index (χ4n) is 2.58. The van der Waals surface area contributed by atoms with Gasteiger partial charge in [0.25, 0.3) is 0 Å². The molecule has 16 heavy (non-hydrogen) atoms. The standard InChI is InChI=1S/C13H20N2O/c1-10-5-11(2)8-15(7-10)13-6-12(9-16)3-4-14-13/h3-4,6,10-11,16H,5,7-9H2,1-2H3. The van der Waals surface area contributed by atoms with Crippen LogP contribution in [-0.4, -0.2) is 23.2 Å². The zero-order valence-corrected chi connectivity index (χ0v) is 10.1. The lowest BCUT2D eigenvalue weighted by molar-refractivity contribution is 0.281. The van der Waals surface area contributed by atoms with E-state index >= 15 is 0 Å². The molecule has 88 valence electrons. The van der Waals surface area contributed by atoms with Crippen molar-refractivity contribution in [2.45, 2.75) is 26.9 Å². The van der Waals surface area contributed by atoms with Gasteiger partial charge < -0.3 is 10.0 Å². The molecule has 0 radical (unpaired) electrons.